The normalized spacial score (nSPS) is 41.3. The Balaban J connectivity index is 0.000000758. The number of fused-ring (bicyclic) bond motifs is 6. The van der Waals surface area contributed by atoms with E-state index in [1.165, 1.54) is 56.9 Å². The van der Waals surface area contributed by atoms with Crippen molar-refractivity contribution in [1.82, 2.24) is 0 Å². The molecule has 4 aliphatic carbocycles. The van der Waals surface area contributed by atoms with Crippen molar-refractivity contribution in [3.63, 3.8) is 0 Å². The fraction of sp³-hybridized carbons (Fsp3) is 0.680. The highest BCUT2D eigenvalue weighted by molar-refractivity contribution is 5.62. The van der Waals surface area contributed by atoms with Gasteiger partial charge in [-0.15, -0.1) is 0 Å². The minimum absolute atomic E-state index is 0.446. The first kappa shape index (κ1) is 17.4. The van der Waals surface area contributed by atoms with E-state index in [-0.39, 0.29) is 0 Å². The molecule has 0 N–H and O–H groups in total. The van der Waals surface area contributed by atoms with Crippen molar-refractivity contribution in [3.8, 4) is 0 Å². The van der Waals surface area contributed by atoms with Crippen molar-refractivity contribution >= 4 is 6.08 Å². The minimum Gasteiger partial charge on any atom is -0.0683 e. The lowest BCUT2D eigenvalue weighted by Gasteiger charge is -2.57. The summed E-state index contributed by atoms with van der Waals surface area (Å²) in [6, 6.07) is 9.13. The van der Waals surface area contributed by atoms with Crippen LogP contribution < -0.4 is 0 Å². The molecular formula is C25H36. The van der Waals surface area contributed by atoms with E-state index in [0.29, 0.717) is 10.8 Å². The van der Waals surface area contributed by atoms with Gasteiger partial charge in [0.2, 0.25) is 0 Å². The standard InChI is InChI=1S/C23H30.C2H6/c1-22-12-5-8-20(22)19-10-9-18-14-16-6-3-4-7-17(16)15-23(18,2)21(19)11-13-22;1-2/h3-4,6-7,14,19-21H,5,8-13,15H2,1-2H3;1-2H3/t19?,20?,21?,22?,23-;/m0./s1. The van der Waals surface area contributed by atoms with Crippen molar-refractivity contribution in [2.75, 3.05) is 0 Å². The Hall–Kier alpha value is -1.04. The topological polar surface area (TPSA) is 0 Å². The Kier molecular flexibility index (Phi) is 4.37. The fourth-order valence-electron chi connectivity index (χ4n) is 7.22. The lowest BCUT2D eigenvalue weighted by Crippen LogP contribution is -2.49. The molecule has 0 heteroatoms. The van der Waals surface area contributed by atoms with Crippen molar-refractivity contribution < 1.29 is 0 Å². The molecule has 5 rings (SSSR count). The van der Waals surface area contributed by atoms with Crippen LogP contribution in [0.5, 0.6) is 0 Å². The van der Waals surface area contributed by atoms with E-state index in [1.807, 2.05) is 13.8 Å². The summed E-state index contributed by atoms with van der Waals surface area (Å²) < 4.78 is 0. The van der Waals surface area contributed by atoms with Crippen molar-refractivity contribution in [1.29, 1.82) is 0 Å². The van der Waals surface area contributed by atoms with Gasteiger partial charge in [-0.25, -0.2) is 0 Å². The van der Waals surface area contributed by atoms with E-state index in [2.05, 4.69) is 44.2 Å². The molecule has 1 aromatic carbocycles. The average Bonchev–Trinajstić information content (AvgIpc) is 3.03. The van der Waals surface area contributed by atoms with Crippen LogP contribution in [0, 0.1) is 28.6 Å². The first-order valence-corrected chi connectivity index (χ1v) is 10.9. The molecule has 0 aromatic heterocycles. The molecule has 3 fully saturated rings. The zero-order valence-electron chi connectivity index (χ0n) is 16.8. The highest BCUT2D eigenvalue weighted by Gasteiger charge is 2.56. The van der Waals surface area contributed by atoms with Gasteiger partial charge >= 0.3 is 0 Å². The van der Waals surface area contributed by atoms with Gasteiger partial charge in [-0.1, -0.05) is 70.0 Å². The Morgan fingerprint density at radius 3 is 2.56 bits per heavy atom. The second-order valence-corrected chi connectivity index (χ2v) is 9.46. The van der Waals surface area contributed by atoms with Crippen LogP contribution in [0.3, 0.4) is 0 Å². The van der Waals surface area contributed by atoms with Crippen LogP contribution in [0.1, 0.15) is 83.8 Å². The molecule has 0 saturated heterocycles. The van der Waals surface area contributed by atoms with E-state index in [1.54, 1.807) is 11.1 Å². The van der Waals surface area contributed by atoms with Gasteiger partial charge in [0.15, 0.2) is 0 Å². The number of hydrogen-bond donors (Lipinski definition) is 0. The first-order valence-electron chi connectivity index (χ1n) is 10.9. The van der Waals surface area contributed by atoms with Crippen LogP contribution in [0.4, 0.5) is 0 Å². The summed E-state index contributed by atoms with van der Waals surface area (Å²) in [5.41, 5.74) is 6.00. The third kappa shape index (κ3) is 2.54. The van der Waals surface area contributed by atoms with Crippen LogP contribution in [-0.4, -0.2) is 0 Å². The lowest BCUT2D eigenvalue weighted by atomic mass is 9.47. The SMILES string of the molecule is CC.CC12CCCC1C1CCC3=Cc4ccccc4C[C@]3(C)C1CC2. The Bertz CT molecular complexity index is 668. The highest BCUT2D eigenvalue weighted by Crippen LogP contribution is 2.65. The second kappa shape index (κ2) is 6.29. The van der Waals surface area contributed by atoms with Gasteiger partial charge < -0.3 is 0 Å². The van der Waals surface area contributed by atoms with Gasteiger partial charge in [0, 0.05) is 0 Å². The van der Waals surface area contributed by atoms with Crippen LogP contribution in [0.2, 0.25) is 0 Å². The predicted molar refractivity (Wildman–Crippen MR) is 108 cm³/mol. The van der Waals surface area contributed by atoms with Crippen molar-refractivity contribution in [2.24, 2.45) is 28.6 Å². The maximum atomic E-state index is 2.62. The molecule has 3 saturated carbocycles. The summed E-state index contributed by atoms with van der Waals surface area (Å²) in [4.78, 5) is 0. The molecule has 4 unspecified atom stereocenters. The monoisotopic (exact) mass is 336 g/mol. The number of allylic oxidation sites excluding steroid dienone is 1. The van der Waals surface area contributed by atoms with E-state index in [0.717, 1.165) is 17.8 Å². The van der Waals surface area contributed by atoms with Crippen LogP contribution in [-0.2, 0) is 6.42 Å². The zero-order valence-corrected chi connectivity index (χ0v) is 16.8. The molecule has 4 aliphatic rings. The summed E-state index contributed by atoms with van der Waals surface area (Å²) >= 11 is 0. The Morgan fingerprint density at radius 2 is 1.72 bits per heavy atom. The molecule has 136 valence electrons. The van der Waals surface area contributed by atoms with E-state index >= 15 is 0 Å². The third-order valence-corrected chi connectivity index (χ3v) is 8.46. The van der Waals surface area contributed by atoms with Crippen LogP contribution in [0.15, 0.2) is 29.8 Å². The van der Waals surface area contributed by atoms with E-state index in [9.17, 15) is 0 Å². The average molecular weight is 337 g/mol. The second-order valence-electron chi connectivity index (χ2n) is 9.46. The Morgan fingerprint density at radius 1 is 0.920 bits per heavy atom. The number of benzene rings is 1. The quantitative estimate of drug-likeness (QED) is 0.467. The zero-order chi connectivity index (χ0) is 17.7. The largest absolute Gasteiger partial charge is 0.0683 e. The minimum atomic E-state index is 0.446. The molecule has 0 amide bonds. The highest BCUT2D eigenvalue weighted by atomic mass is 14.6. The number of rotatable bonds is 0. The summed E-state index contributed by atoms with van der Waals surface area (Å²) in [7, 11) is 0. The van der Waals surface area contributed by atoms with Gasteiger partial charge in [-0.2, -0.15) is 0 Å². The lowest BCUT2D eigenvalue weighted by molar-refractivity contribution is -0.0304. The van der Waals surface area contributed by atoms with Crippen molar-refractivity contribution in [2.45, 2.75) is 79.1 Å². The molecule has 0 bridgehead atoms. The van der Waals surface area contributed by atoms with Gasteiger partial charge in [0.05, 0.1) is 0 Å². The van der Waals surface area contributed by atoms with Crippen molar-refractivity contribution in [3.05, 3.63) is 41.0 Å². The van der Waals surface area contributed by atoms with Gasteiger partial charge in [0.1, 0.15) is 0 Å². The van der Waals surface area contributed by atoms with E-state index in [4.69, 9.17) is 0 Å². The fourth-order valence-corrected chi connectivity index (χ4v) is 7.22. The third-order valence-electron chi connectivity index (χ3n) is 8.46. The first-order chi connectivity index (χ1) is 12.1. The van der Waals surface area contributed by atoms with Gasteiger partial charge in [0.25, 0.3) is 0 Å². The summed E-state index contributed by atoms with van der Waals surface area (Å²) in [6.07, 6.45) is 14.2. The molecule has 0 radical (unpaired) electrons. The molecule has 0 aliphatic heterocycles. The summed E-state index contributed by atoms with van der Waals surface area (Å²) in [5.74, 6) is 2.97. The molecule has 25 heavy (non-hydrogen) atoms. The van der Waals surface area contributed by atoms with E-state index < -0.39 is 0 Å². The van der Waals surface area contributed by atoms with Crippen LogP contribution in [0.25, 0.3) is 6.08 Å². The number of hydrogen-bond acceptors (Lipinski definition) is 0. The Labute approximate surface area is 155 Å². The van der Waals surface area contributed by atoms with Gasteiger partial charge in [-0.3, -0.25) is 0 Å². The molecule has 1 aromatic rings. The molecular weight excluding hydrogens is 300 g/mol. The molecule has 5 atom stereocenters. The molecule has 0 nitrogen and oxygen atoms in total. The maximum Gasteiger partial charge on any atom is -0.00415 e. The molecule has 0 spiro atoms. The smallest absolute Gasteiger partial charge is 0.00415 e. The van der Waals surface area contributed by atoms with Gasteiger partial charge in [-0.05, 0) is 84.7 Å². The maximum absolute atomic E-state index is 2.62. The molecule has 0 heterocycles. The summed E-state index contributed by atoms with van der Waals surface area (Å²) in [5, 5.41) is 0. The predicted octanol–water partition coefficient (Wildman–Crippen LogP) is 7.29. The van der Waals surface area contributed by atoms with Crippen LogP contribution >= 0.6 is 0 Å². The summed E-state index contributed by atoms with van der Waals surface area (Å²) in [6.45, 7) is 9.23.